The van der Waals surface area contributed by atoms with Crippen molar-refractivity contribution in [3.8, 4) is 0 Å². The van der Waals surface area contributed by atoms with Crippen LogP contribution in [-0.4, -0.2) is 18.4 Å². The van der Waals surface area contributed by atoms with Crippen molar-refractivity contribution in [1.29, 1.82) is 0 Å². The maximum absolute atomic E-state index is 13.1. The van der Waals surface area contributed by atoms with Gasteiger partial charge in [0.2, 0.25) is 11.8 Å². The number of para-hydroxylation sites is 1. The molecule has 130 valence electrons. The quantitative estimate of drug-likeness (QED) is 0.838. The Hall–Kier alpha value is -2.33. The zero-order chi connectivity index (χ0) is 18.2. The summed E-state index contributed by atoms with van der Waals surface area (Å²) >= 11 is 6.11. The van der Waals surface area contributed by atoms with E-state index >= 15 is 0 Å². The van der Waals surface area contributed by atoms with Crippen LogP contribution in [0.4, 0.5) is 11.4 Å². The second-order valence-electron chi connectivity index (χ2n) is 6.83. The largest absolute Gasteiger partial charge is 0.325 e. The number of anilines is 2. The van der Waals surface area contributed by atoms with Crippen molar-refractivity contribution in [2.45, 2.75) is 27.2 Å². The van der Waals surface area contributed by atoms with Crippen LogP contribution in [0.15, 0.2) is 42.5 Å². The summed E-state index contributed by atoms with van der Waals surface area (Å²) in [6, 6.07) is 13.1. The normalized spacial score (nSPS) is 13.5. The highest BCUT2D eigenvalue weighted by Crippen LogP contribution is 2.33. The molecule has 1 heterocycles. The van der Waals surface area contributed by atoms with Crippen LogP contribution >= 0.6 is 11.6 Å². The summed E-state index contributed by atoms with van der Waals surface area (Å²) < 4.78 is 0. The van der Waals surface area contributed by atoms with E-state index in [1.165, 1.54) is 0 Å². The van der Waals surface area contributed by atoms with Crippen LogP contribution in [0.1, 0.15) is 25.0 Å². The summed E-state index contributed by atoms with van der Waals surface area (Å²) in [5, 5.41) is 3.43. The number of nitrogens with zero attached hydrogens (tertiary/aromatic N) is 1. The van der Waals surface area contributed by atoms with E-state index in [0.717, 1.165) is 23.2 Å². The number of fused-ring (bicyclic) bond motifs is 1. The molecule has 2 aromatic carbocycles. The van der Waals surface area contributed by atoms with Gasteiger partial charge in [-0.05, 0) is 56.5 Å². The first-order valence-corrected chi connectivity index (χ1v) is 8.66. The number of hydrogen-bond donors (Lipinski definition) is 1. The molecular weight excluding hydrogens is 336 g/mol. The molecular formula is C20H21ClN2O2. The molecule has 0 unspecified atom stereocenters. The maximum atomic E-state index is 13.1. The topological polar surface area (TPSA) is 49.4 Å². The van der Waals surface area contributed by atoms with Gasteiger partial charge >= 0.3 is 0 Å². The molecule has 2 amide bonds. The fourth-order valence-corrected chi connectivity index (χ4v) is 3.18. The molecule has 4 nitrogen and oxygen atoms in total. The lowest BCUT2D eigenvalue weighted by Crippen LogP contribution is -2.47. The third-order valence-electron chi connectivity index (χ3n) is 4.75. The third-order valence-corrected chi connectivity index (χ3v) is 5.16. The summed E-state index contributed by atoms with van der Waals surface area (Å²) in [5.74, 6) is -0.540. The van der Waals surface area contributed by atoms with Gasteiger partial charge in [0.05, 0.1) is 0 Å². The highest BCUT2D eigenvalue weighted by atomic mass is 35.5. The Balaban J connectivity index is 1.82. The molecule has 0 saturated heterocycles. The van der Waals surface area contributed by atoms with Crippen LogP contribution in [0.3, 0.4) is 0 Å². The molecule has 2 aromatic rings. The molecule has 0 atom stereocenters. The SMILES string of the molecule is Cc1c(Cl)cccc1NC(=O)C(C)(C)C(=O)N1CCc2ccccc21. The summed E-state index contributed by atoms with van der Waals surface area (Å²) in [5.41, 5.74) is 2.25. The van der Waals surface area contributed by atoms with Gasteiger partial charge < -0.3 is 10.2 Å². The van der Waals surface area contributed by atoms with E-state index in [0.29, 0.717) is 17.3 Å². The lowest BCUT2D eigenvalue weighted by Gasteiger charge is -2.29. The molecule has 0 bridgehead atoms. The Kier molecular flexibility index (Phi) is 4.56. The number of amides is 2. The number of carbonyl (C=O) groups is 2. The van der Waals surface area contributed by atoms with Crippen molar-refractivity contribution in [2.75, 3.05) is 16.8 Å². The predicted octanol–water partition coefficient (Wildman–Crippen LogP) is 4.20. The van der Waals surface area contributed by atoms with Crippen LogP contribution in [0, 0.1) is 12.3 Å². The zero-order valence-corrected chi connectivity index (χ0v) is 15.4. The Bertz CT molecular complexity index is 845. The van der Waals surface area contributed by atoms with Gasteiger partial charge in [0.25, 0.3) is 0 Å². The van der Waals surface area contributed by atoms with Crippen molar-refractivity contribution in [3.63, 3.8) is 0 Å². The molecule has 0 radical (unpaired) electrons. The minimum atomic E-state index is -1.19. The van der Waals surface area contributed by atoms with Crippen LogP contribution in [0.5, 0.6) is 0 Å². The zero-order valence-electron chi connectivity index (χ0n) is 14.6. The van der Waals surface area contributed by atoms with Crippen molar-refractivity contribution in [1.82, 2.24) is 0 Å². The molecule has 3 rings (SSSR count). The Labute approximate surface area is 152 Å². The van der Waals surface area contributed by atoms with Crippen LogP contribution in [-0.2, 0) is 16.0 Å². The fourth-order valence-electron chi connectivity index (χ4n) is 3.01. The van der Waals surface area contributed by atoms with Crippen LogP contribution in [0.2, 0.25) is 5.02 Å². The summed E-state index contributed by atoms with van der Waals surface area (Å²) in [6.45, 7) is 5.76. The van der Waals surface area contributed by atoms with E-state index in [-0.39, 0.29) is 11.8 Å². The van der Waals surface area contributed by atoms with Gasteiger partial charge in [0, 0.05) is 22.9 Å². The van der Waals surface area contributed by atoms with E-state index in [1.54, 1.807) is 36.9 Å². The highest BCUT2D eigenvalue weighted by molar-refractivity contribution is 6.31. The average molecular weight is 357 g/mol. The summed E-state index contributed by atoms with van der Waals surface area (Å²) in [7, 11) is 0. The number of benzene rings is 2. The Morgan fingerprint density at radius 2 is 1.84 bits per heavy atom. The lowest BCUT2D eigenvalue weighted by molar-refractivity contribution is -0.136. The van der Waals surface area contributed by atoms with E-state index in [2.05, 4.69) is 5.32 Å². The molecule has 1 aliphatic rings. The van der Waals surface area contributed by atoms with E-state index in [9.17, 15) is 9.59 Å². The molecule has 0 aromatic heterocycles. The number of rotatable bonds is 3. The van der Waals surface area contributed by atoms with E-state index in [4.69, 9.17) is 11.6 Å². The molecule has 5 heteroatoms. The fraction of sp³-hybridized carbons (Fsp3) is 0.300. The van der Waals surface area contributed by atoms with Gasteiger partial charge in [0.1, 0.15) is 5.41 Å². The average Bonchev–Trinajstić information content (AvgIpc) is 3.02. The molecule has 1 aliphatic heterocycles. The smallest absolute Gasteiger partial charge is 0.242 e. The van der Waals surface area contributed by atoms with Crippen molar-refractivity contribution >= 4 is 34.8 Å². The molecule has 0 saturated carbocycles. The lowest BCUT2D eigenvalue weighted by atomic mass is 9.90. The first-order chi connectivity index (χ1) is 11.8. The Morgan fingerprint density at radius 1 is 1.12 bits per heavy atom. The summed E-state index contributed by atoms with van der Waals surface area (Å²) in [4.78, 5) is 27.6. The van der Waals surface area contributed by atoms with Gasteiger partial charge in [-0.2, -0.15) is 0 Å². The number of hydrogen-bond acceptors (Lipinski definition) is 2. The van der Waals surface area contributed by atoms with Crippen LogP contribution in [0.25, 0.3) is 0 Å². The van der Waals surface area contributed by atoms with Gasteiger partial charge in [-0.1, -0.05) is 35.9 Å². The van der Waals surface area contributed by atoms with Gasteiger partial charge in [0.15, 0.2) is 0 Å². The van der Waals surface area contributed by atoms with Gasteiger partial charge in [-0.25, -0.2) is 0 Å². The van der Waals surface area contributed by atoms with Gasteiger partial charge in [-0.15, -0.1) is 0 Å². The number of nitrogens with one attached hydrogen (secondary N) is 1. The molecule has 0 fully saturated rings. The standard InChI is InChI=1S/C20H21ClN2O2/c1-13-15(21)8-6-9-16(13)22-18(24)20(2,3)19(25)23-12-11-14-7-4-5-10-17(14)23/h4-10H,11-12H2,1-3H3,(H,22,24). The first kappa shape index (κ1) is 17.5. The number of carbonyl (C=O) groups excluding carboxylic acids is 2. The summed E-state index contributed by atoms with van der Waals surface area (Å²) in [6.07, 6.45) is 0.813. The van der Waals surface area contributed by atoms with E-state index < -0.39 is 5.41 Å². The molecule has 1 N–H and O–H groups in total. The molecule has 0 aliphatic carbocycles. The van der Waals surface area contributed by atoms with Crippen molar-refractivity contribution in [3.05, 3.63) is 58.6 Å². The van der Waals surface area contributed by atoms with Crippen LogP contribution < -0.4 is 10.2 Å². The highest BCUT2D eigenvalue weighted by Gasteiger charge is 2.41. The van der Waals surface area contributed by atoms with Gasteiger partial charge in [-0.3, -0.25) is 9.59 Å². The predicted molar refractivity (Wildman–Crippen MR) is 101 cm³/mol. The first-order valence-electron chi connectivity index (χ1n) is 8.29. The van der Waals surface area contributed by atoms with Crippen molar-refractivity contribution in [2.24, 2.45) is 5.41 Å². The molecule has 0 spiro atoms. The number of halogens is 1. The minimum absolute atomic E-state index is 0.199. The second kappa shape index (κ2) is 6.52. The van der Waals surface area contributed by atoms with Crippen molar-refractivity contribution < 1.29 is 9.59 Å². The maximum Gasteiger partial charge on any atom is 0.242 e. The Morgan fingerprint density at radius 3 is 2.60 bits per heavy atom. The molecule has 25 heavy (non-hydrogen) atoms. The minimum Gasteiger partial charge on any atom is -0.325 e. The monoisotopic (exact) mass is 356 g/mol. The third kappa shape index (κ3) is 3.14. The second-order valence-corrected chi connectivity index (χ2v) is 7.23. The van der Waals surface area contributed by atoms with E-state index in [1.807, 2.05) is 31.2 Å².